The van der Waals surface area contributed by atoms with E-state index in [4.69, 9.17) is 0 Å². The van der Waals surface area contributed by atoms with Gasteiger partial charge in [0.05, 0.1) is 17.2 Å². The lowest BCUT2D eigenvalue weighted by molar-refractivity contribution is -0.384. The number of nitro benzene ring substituents is 1. The predicted molar refractivity (Wildman–Crippen MR) is 74.1 cm³/mol. The summed E-state index contributed by atoms with van der Waals surface area (Å²) in [5, 5.41) is 14.0. The molecule has 0 saturated heterocycles. The van der Waals surface area contributed by atoms with Crippen molar-refractivity contribution in [3.63, 3.8) is 0 Å². The van der Waals surface area contributed by atoms with Crippen molar-refractivity contribution in [1.82, 2.24) is 4.98 Å². The molecule has 19 heavy (non-hydrogen) atoms. The monoisotopic (exact) mass is 257 g/mol. The van der Waals surface area contributed by atoms with E-state index in [0.717, 1.165) is 17.0 Å². The Hall–Kier alpha value is -2.43. The number of hydrogen-bond donors (Lipinski definition) is 1. The SMILES string of the molecule is Cc1ccc([N+](=O)[O-])c(NCc2cccc(C)n2)c1. The third-order valence-corrected chi connectivity index (χ3v) is 2.75. The zero-order chi connectivity index (χ0) is 13.8. The Morgan fingerprint density at radius 3 is 2.74 bits per heavy atom. The quantitative estimate of drug-likeness (QED) is 0.674. The topological polar surface area (TPSA) is 68.1 Å². The molecular weight excluding hydrogens is 242 g/mol. The first-order valence-electron chi connectivity index (χ1n) is 5.98. The molecule has 1 heterocycles. The highest BCUT2D eigenvalue weighted by molar-refractivity contribution is 5.62. The summed E-state index contributed by atoms with van der Waals surface area (Å²) in [5.41, 5.74) is 3.37. The average Bonchev–Trinajstić information content (AvgIpc) is 2.36. The van der Waals surface area contributed by atoms with Crippen LogP contribution in [0.5, 0.6) is 0 Å². The van der Waals surface area contributed by atoms with Gasteiger partial charge in [-0.3, -0.25) is 15.1 Å². The van der Waals surface area contributed by atoms with Gasteiger partial charge in [-0.15, -0.1) is 0 Å². The smallest absolute Gasteiger partial charge is 0.292 e. The van der Waals surface area contributed by atoms with E-state index >= 15 is 0 Å². The van der Waals surface area contributed by atoms with Crippen molar-refractivity contribution in [3.8, 4) is 0 Å². The third-order valence-electron chi connectivity index (χ3n) is 2.75. The summed E-state index contributed by atoms with van der Waals surface area (Å²) in [4.78, 5) is 14.9. The molecule has 1 N–H and O–H groups in total. The van der Waals surface area contributed by atoms with Crippen molar-refractivity contribution in [1.29, 1.82) is 0 Å². The average molecular weight is 257 g/mol. The molecule has 0 spiro atoms. The lowest BCUT2D eigenvalue weighted by Crippen LogP contribution is -2.04. The van der Waals surface area contributed by atoms with Gasteiger partial charge in [-0.25, -0.2) is 0 Å². The molecule has 0 radical (unpaired) electrons. The molecule has 2 aromatic rings. The Labute approximate surface area is 111 Å². The van der Waals surface area contributed by atoms with Crippen molar-refractivity contribution >= 4 is 11.4 Å². The van der Waals surface area contributed by atoms with Crippen LogP contribution in [0.3, 0.4) is 0 Å². The van der Waals surface area contributed by atoms with Crippen molar-refractivity contribution in [2.45, 2.75) is 20.4 Å². The van der Waals surface area contributed by atoms with Crippen LogP contribution in [-0.2, 0) is 6.54 Å². The molecule has 1 aromatic carbocycles. The zero-order valence-electron chi connectivity index (χ0n) is 10.9. The van der Waals surface area contributed by atoms with E-state index in [9.17, 15) is 10.1 Å². The Morgan fingerprint density at radius 2 is 2.05 bits per heavy atom. The Balaban J connectivity index is 2.19. The van der Waals surface area contributed by atoms with Crippen LogP contribution in [0.25, 0.3) is 0 Å². The van der Waals surface area contributed by atoms with Gasteiger partial charge < -0.3 is 5.32 Å². The highest BCUT2D eigenvalue weighted by Gasteiger charge is 2.13. The maximum Gasteiger partial charge on any atom is 0.292 e. The summed E-state index contributed by atoms with van der Waals surface area (Å²) in [7, 11) is 0. The van der Waals surface area contributed by atoms with Crippen molar-refractivity contribution in [2.24, 2.45) is 0 Å². The van der Waals surface area contributed by atoms with Gasteiger partial charge in [-0.2, -0.15) is 0 Å². The number of aryl methyl sites for hydroxylation is 2. The van der Waals surface area contributed by atoms with E-state index in [2.05, 4.69) is 10.3 Å². The number of nitrogens with zero attached hydrogens (tertiary/aromatic N) is 2. The van der Waals surface area contributed by atoms with Crippen molar-refractivity contribution in [3.05, 3.63) is 63.5 Å². The van der Waals surface area contributed by atoms with Gasteiger partial charge in [0.2, 0.25) is 0 Å². The molecule has 2 rings (SSSR count). The Kier molecular flexibility index (Phi) is 3.75. The lowest BCUT2D eigenvalue weighted by atomic mass is 10.2. The first-order valence-corrected chi connectivity index (χ1v) is 5.98. The summed E-state index contributed by atoms with van der Waals surface area (Å²) >= 11 is 0. The zero-order valence-corrected chi connectivity index (χ0v) is 10.9. The molecule has 1 aromatic heterocycles. The molecular formula is C14H15N3O2. The van der Waals surface area contributed by atoms with Crippen LogP contribution in [0.2, 0.25) is 0 Å². The molecule has 0 bridgehead atoms. The van der Waals surface area contributed by atoms with Gasteiger partial charge in [0, 0.05) is 11.8 Å². The second kappa shape index (κ2) is 5.48. The van der Waals surface area contributed by atoms with E-state index in [1.165, 1.54) is 6.07 Å². The van der Waals surface area contributed by atoms with E-state index in [1.807, 2.05) is 32.0 Å². The number of nitro groups is 1. The van der Waals surface area contributed by atoms with Crippen LogP contribution in [-0.4, -0.2) is 9.91 Å². The third kappa shape index (κ3) is 3.28. The summed E-state index contributed by atoms with van der Waals surface area (Å²) < 4.78 is 0. The summed E-state index contributed by atoms with van der Waals surface area (Å²) in [6, 6.07) is 10.7. The van der Waals surface area contributed by atoms with Crippen molar-refractivity contribution < 1.29 is 4.92 Å². The van der Waals surface area contributed by atoms with Crippen LogP contribution in [0.4, 0.5) is 11.4 Å². The number of pyridine rings is 1. The Bertz CT molecular complexity index is 611. The highest BCUT2D eigenvalue weighted by atomic mass is 16.6. The number of anilines is 1. The highest BCUT2D eigenvalue weighted by Crippen LogP contribution is 2.25. The molecule has 0 atom stereocenters. The molecule has 0 saturated carbocycles. The maximum atomic E-state index is 10.9. The minimum atomic E-state index is -0.383. The van der Waals surface area contributed by atoms with Gasteiger partial charge in [-0.1, -0.05) is 12.1 Å². The van der Waals surface area contributed by atoms with Gasteiger partial charge in [0.25, 0.3) is 5.69 Å². The van der Waals surface area contributed by atoms with Crippen LogP contribution in [0.1, 0.15) is 17.0 Å². The molecule has 5 heteroatoms. The number of nitrogens with one attached hydrogen (secondary N) is 1. The molecule has 0 aliphatic carbocycles. The van der Waals surface area contributed by atoms with E-state index in [0.29, 0.717) is 12.2 Å². The fourth-order valence-electron chi connectivity index (χ4n) is 1.83. The second-order valence-corrected chi connectivity index (χ2v) is 4.40. The van der Waals surface area contributed by atoms with Gasteiger partial charge in [0.15, 0.2) is 0 Å². The summed E-state index contributed by atoms with van der Waals surface area (Å²) in [6.45, 7) is 4.28. The molecule has 0 aliphatic heterocycles. The van der Waals surface area contributed by atoms with Crippen LogP contribution in [0.15, 0.2) is 36.4 Å². The fourth-order valence-corrected chi connectivity index (χ4v) is 1.83. The second-order valence-electron chi connectivity index (χ2n) is 4.40. The first kappa shape index (κ1) is 13.0. The van der Waals surface area contributed by atoms with Gasteiger partial charge >= 0.3 is 0 Å². The molecule has 5 nitrogen and oxygen atoms in total. The van der Waals surface area contributed by atoms with E-state index in [-0.39, 0.29) is 10.6 Å². The Morgan fingerprint density at radius 1 is 1.26 bits per heavy atom. The number of benzene rings is 1. The van der Waals surface area contributed by atoms with Gasteiger partial charge in [0.1, 0.15) is 5.69 Å². The standard InChI is InChI=1S/C14H15N3O2/c1-10-6-7-14(17(18)19)13(8-10)15-9-12-5-3-4-11(2)16-12/h3-8,15H,9H2,1-2H3. The summed E-state index contributed by atoms with van der Waals surface area (Å²) in [6.07, 6.45) is 0. The predicted octanol–water partition coefficient (Wildman–Crippen LogP) is 3.22. The van der Waals surface area contributed by atoms with Crippen molar-refractivity contribution in [2.75, 3.05) is 5.32 Å². The normalized spacial score (nSPS) is 10.2. The van der Waals surface area contributed by atoms with Crippen LogP contribution < -0.4 is 5.32 Å². The van der Waals surface area contributed by atoms with Gasteiger partial charge in [-0.05, 0) is 37.6 Å². The van der Waals surface area contributed by atoms with Crippen LogP contribution >= 0.6 is 0 Å². The number of rotatable bonds is 4. The largest absolute Gasteiger partial charge is 0.374 e. The number of aromatic nitrogens is 1. The first-order chi connectivity index (χ1) is 9.06. The molecule has 0 fully saturated rings. The minimum absolute atomic E-state index is 0.0817. The molecule has 0 unspecified atom stereocenters. The molecule has 0 aliphatic rings. The molecule has 0 amide bonds. The van der Waals surface area contributed by atoms with E-state index < -0.39 is 0 Å². The molecule has 98 valence electrons. The van der Waals surface area contributed by atoms with E-state index in [1.54, 1.807) is 12.1 Å². The summed E-state index contributed by atoms with van der Waals surface area (Å²) in [5.74, 6) is 0. The maximum absolute atomic E-state index is 10.9. The minimum Gasteiger partial charge on any atom is -0.374 e. The fraction of sp³-hybridized carbons (Fsp3) is 0.214. The number of hydrogen-bond acceptors (Lipinski definition) is 4. The lowest BCUT2D eigenvalue weighted by Gasteiger charge is -2.08. The van der Waals surface area contributed by atoms with Crippen LogP contribution in [0, 0.1) is 24.0 Å².